The van der Waals surface area contributed by atoms with Gasteiger partial charge in [-0.2, -0.15) is 5.10 Å². The number of aromatic carboxylic acids is 1. The molecule has 0 amide bonds. The third-order valence-corrected chi connectivity index (χ3v) is 3.86. The van der Waals surface area contributed by atoms with Gasteiger partial charge in [-0.3, -0.25) is 0 Å². The summed E-state index contributed by atoms with van der Waals surface area (Å²) in [6, 6.07) is 6.92. The van der Waals surface area contributed by atoms with Gasteiger partial charge in [0.1, 0.15) is 0 Å². The van der Waals surface area contributed by atoms with Gasteiger partial charge >= 0.3 is 5.97 Å². The quantitative estimate of drug-likeness (QED) is 0.903. The number of nitrogens with zero attached hydrogens (tertiary/aromatic N) is 2. The average molecular weight is 285 g/mol. The summed E-state index contributed by atoms with van der Waals surface area (Å²) in [5, 5.41) is 17.1. The van der Waals surface area contributed by atoms with Crippen molar-refractivity contribution in [3.8, 4) is 5.69 Å². The number of fused-ring (bicyclic) bond motifs is 1. The van der Waals surface area contributed by atoms with E-state index in [1.807, 2.05) is 16.8 Å². The van der Waals surface area contributed by atoms with Crippen molar-refractivity contribution >= 4 is 5.97 Å². The molecule has 2 heterocycles. The fraction of sp³-hybridized carbons (Fsp3) is 0.375. The van der Waals surface area contributed by atoms with Crippen LogP contribution in [0, 0.1) is 0 Å². The maximum Gasteiger partial charge on any atom is 0.335 e. The van der Waals surface area contributed by atoms with E-state index in [1.165, 1.54) is 11.3 Å². The number of hydrogen-bond donors (Lipinski definition) is 2. The van der Waals surface area contributed by atoms with Crippen LogP contribution in [0.1, 0.15) is 40.7 Å². The van der Waals surface area contributed by atoms with Crippen LogP contribution in [-0.2, 0) is 19.4 Å². The maximum absolute atomic E-state index is 10.9. The molecule has 110 valence electrons. The molecule has 0 saturated carbocycles. The highest BCUT2D eigenvalue weighted by atomic mass is 16.4. The number of hydrogen-bond acceptors (Lipinski definition) is 3. The normalized spacial score (nSPS) is 14.0. The van der Waals surface area contributed by atoms with Crippen molar-refractivity contribution in [1.82, 2.24) is 15.1 Å². The molecule has 0 atom stereocenters. The van der Waals surface area contributed by atoms with Crippen LogP contribution in [0.25, 0.3) is 5.69 Å². The highest BCUT2D eigenvalue weighted by Gasteiger charge is 2.20. The summed E-state index contributed by atoms with van der Waals surface area (Å²) in [4.78, 5) is 10.9. The van der Waals surface area contributed by atoms with E-state index >= 15 is 0 Å². The lowest BCUT2D eigenvalue weighted by molar-refractivity contribution is 0.0697. The number of aromatic nitrogens is 2. The molecule has 1 aromatic carbocycles. The number of aryl methyl sites for hydroxylation is 1. The van der Waals surface area contributed by atoms with Gasteiger partial charge in [-0.15, -0.1) is 0 Å². The van der Waals surface area contributed by atoms with E-state index in [0.717, 1.165) is 43.7 Å². The van der Waals surface area contributed by atoms with Crippen molar-refractivity contribution in [2.75, 3.05) is 6.54 Å². The molecule has 1 aromatic heterocycles. The van der Waals surface area contributed by atoms with Gasteiger partial charge in [0.2, 0.25) is 0 Å². The monoisotopic (exact) mass is 285 g/mol. The molecular formula is C16H19N3O2. The number of nitrogens with one attached hydrogen (secondary N) is 1. The molecule has 0 radical (unpaired) electrons. The molecule has 2 N–H and O–H groups in total. The summed E-state index contributed by atoms with van der Waals surface area (Å²) in [6.45, 7) is 3.98. The number of benzene rings is 1. The van der Waals surface area contributed by atoms with Crippen LogP contribution < -0.4 is 5.32 Å². The number of rotatable bonds is 4. The van der Waals surface area contributed by atoms with Gasteiger partial charge in [-0.05, 0) is 30.7 Å². The Morgan fingerprint density at radius 1 is 1.38 bits per heavy atom. The van der Waals surface area contributed by atoms with Gasteiger partial charge < -0.3 is 10.4 Å². The molecule has 2 aromatic rings. The lowest BCUT2D eigenvalue weighted by Gasteiger charge is -2.15. The average Bonchev–Trinajstić information content (AvgIpc) is 2.87. The fourth-order valence-corrected chi connectivity index (χ4v) is 2.81. The van der Waals surface area contributed by atoms with Gasteiger partial charge in [0.25, 0.3) is 0 Å². The van der Waals surface area contributed by atoms with Crippen LogP contribution in [0.2, 0.25) is 0 Å². The van der Waals surface area contributed by atoms with Crippen molar-refractivity contribution in [3.05, 3.63) is 46.8 Å². The molecule has 1 aliphatic rings. The summed E-state index contributed by atoms with van der Waals surface area (Å²) >= 11 is 0. The van der Waals surface area contributed by atoms with Crippen molar-refractivity contribution < 1.29 is 9.90 Å². The van der Waals surface area contributed by atoms with Crippen LogP contribution >= 0.6 is 0 Å². The molecule has 3 rings (SSSR count). The lowest BCUT2D eigenvalue weighted by Crippen LogP contribution is -2.25. The van der Waals surface area contributed by atoms with E-state index in [2.05, 4.69) is 12.2 Å². The molecule has 0 saturated heterocycles. The van der Waals surface area contributed by atoms with Crippen molar-refractivity contribution in [2.24, 2.45) is 0 Å². The summed E-state index contributed by atoms with van der Waals surface area (Å²) < 4.78 is 1.98. The van der Waals surface area contributed by atoms with E-state index in [9.17, 15) is 4.79 Å². The SMILES string of the molecule is CCCc1nn(-c2ccc(C(=O)O)cc2)c2c1CNCC2. The molecule has 0 fully saturated rings. The van der Waals surface area contributed by atoms with E-state index in [-0.39, 0.29) is 0 Å². The first-order valence-electron chi connectivity index (χ1n) is 7.34. The minimum atomic E-state index is -0.903. The van der Waals surface area contributed by atoms with Crippen LogP contribution in [-0.4, -0.2) is 27.4 Å². The Bertz CT molecular complexity index is 659. The Kier molecular flexibility index (Phi) is 3.75. The van der Waals surface area contributed by atoms with E-state index in [0.29, 0.717) is 5.56 Å². The van der Waals surface area contributed by atoms with Gasteiger partial charge in [0.15, 0.2) is 0 Å². The predicted molar refractivity (Wildman–Crippen MR) is 79.9 cm³/mol. The summed E-state index contributed by atoms with van der Waals surface area (Å²) in [5.74, 6) is -0.903. The van der Waals surface area contributed by atoms with E-state index in [4.69, 9.17) is 10.2 Å². The Morgan fingerprint density at radius 2 is 2.14 bits per heavy atom. The second kappa shape index (κ2) is 5.69. The second-order valence-corrected chi connectivity index (χ2v) is 5.31. The minimum absolute atomic E-state index is 0.301. The van der Waals surface area contributed by atoms with Crippen molar-refractivity contribution in [1.29, 1.82) is 0 Å². The predicted octanol–water partition coefficient (Wildman–Crippen LogP) is 2.17. The van der Waals surface area contributed by atoms with Gasteiger partial charge in [0.05, 0.1) is 22.6 Å². The van der Waals surface area contributed by atoms with Gasteiger partial charge in [0, 0.05) is 25.1 Å². The largest absolute Gasteiger partial charge is 0.478 e. The molecule has 0 spiro atoms. The highest BCUT2D eigenvalue weighted by Crippen LogP contribution is 2.23. The first kappa shape index (κ1) is 13.8. The minimum Gasteiger partial charge on any atom is -0.478 e. The van der Waals surface area contributed by atoms with Crippen LogP contribution in [0.5, 0.6) is 0 Å². The first-order valence-corrected chi connectivity index (χ1v) is 7.34. The number of carboxylic acid groups (broad SMARTS) is 1. The third kappa shape index (κ3) is 2.56. The van der Waals surface area contributed by atoms with E-state index < -0.39 is 5.97 Å². The van der Waals surface area contributed by atoms with Crippen LogP contribution in [0.15, 0.2) is 24.3 Å². The van der Waals surface area contributed by atoms with Gasteiger partial charge in [-0.25, -0.2) is 9.48 Å². The molecule has 0 bridgehead atoms. The zero-order valence-corrected chi connectivity index (χ0v) is 12.1. The fourth-order valence-electron chi connectivity index (χ4n) is 2.81. The molecule has 5 nitrogen and oxygen atoms in total. The molecule has 1 aliphatic heterocycles. The molecule has 5 heteroatoms. The molecule has 21 heavy (non-hydrogen) atoms. The lowest BCUT2D eigenvalue weighted by atomic mass is 10.0. The number of carbonyl (C=O) groups is 1. The van der Waals surface area contributed by atoms with Crippen LogP contribution in [0.3, 0.4) is 0 Å². The zero-order valence-electron chi connectivity index (χ0n) is 12.1. The Balaban J connectivity index is 2.03. The topological polar surface area (TPSA) is 67.2 Å². The standard InChI is InChI=1S/C16H19N3O2/c1-2-3-14-13-10-17-9-8-15(13)19(18-14)12-6-4-11(5-7-12)16(20)21/h4-7,17H,2-3,8-10H2,1H3,(H,20,21). The zero-order chi connectivity index (χ0) is 14.8. The van der Waals surface area contributed by atoms with Crippen LogP contribution in [0.4, 0.5) is 0 Å². The summed E-state index contributed by atoms with van der Waals surface area (Å²) in [7, 11) is 0. The Labute approximate surface area is 123 Å². The maximum atomic E-state index is 10.9. The smallest absolute Gasteiger partial charge is 0.335 e. The summed E-state index contributed by atoms with van der Waals surface area (Å²) in [5.41, 5.74) is 4.95. The molecular weight excluding hydrogens is 266 g/mol. The van der Waals surface area contributed by atoms with E-state index in [1.54, 1.807) is 12.1 Å². The first-order chi connectivity index (χ1) is 10.2. The third-order valence-electron chi connectivity index (χ3n) is 3.86. The highest BCUT2D eigenvalue weighted by molar-refractivity contribution is 5.87. The second-order valence-electron chi connectivity index (χ2n) is 5.31. The Hall–Kier alpha value is -2.14. The summed E-state index contributed by atoms with van der Waals surface area (Å²) in [6.07, 6.45) is 3.00. The van der Waals surface area contributed by atoms with Gasteiger partial charge in [-0.1, -0.05) is 13.3 Å². The number of carboxylic acids is 1. The molecule has 0 unspecified atom stereocenters. The molecule has 0 aliphatic carbocycles. The van der Waals surface area contributed by atoms with Crippen molar-refractivity contribution in [2.45, 2.75) is 32.7 Å². The van der Waals surface area contributed by atoms with Crippen molar-refractivity contribution in [3.63, 3.8) is 0 Å². The Morgan fingerprint density at radius 3 is 2.81 bits per heavy atom.